The van der Waals surface area contributed by atoms with Gasteiger partial charge in [0.15, 0.2) is 0 Å². The highest BCUT2D eigenvalue weighted by Gasteiger charge is 2.33. The fraction of sp³-hybridized carbons (Fsp3) is 0.600. The topological polar surface area (TPSA) is 58.0 Å². The van der Waals surface area contributed by atoms with E-state index in [2.05, 4.69) is 31.2 Å². The van der Waals surface area contributed by atoms with E-state index in [1.807, 2.05) is 13.0 Å². The first-order valence-corrected chi connectivity index (χ1v) is 5.84. The second-order valence-corrected chi connectivity index (χ2v) is 4.87. The number of halogens is 1. The van der Waals surface area contributed by atoms with Gasteiger partial charge in [0.2, 0.25) is 0 Å². The van der Waals surface area contributed by atoms with Crippen molar-refractivity contribution in [2.24, 2.45) is 0 Å². The molecule has 0 bridgehead atoms. The van der Waals surface area contributed by atoms with Gasteiger partial charge in [0.25, 0.3) is 0 Å². The molecule has 1 saturated carbocycles. The minimum absolute atomic E-state index is 0.522. The molecule has 1 aromatic heterocycles. The van der Waals surface area contributed by atoms with Gasteiger partial charge in [-0.15, -0.1) is 0 Å². The van der Waals surface area contributed by atoms with Gasteiger partial charge in [-0.25, -0.2) is 9.97 Å². The molecule has 1 aliphatic rings. The third kappa shape index (κ3) is 2.66. The minimum Gasteiger partial charge on any atom is -0.388 e. The molecule has 0 aromatic carbocycles. The Hall–Kier alpha value is -0.680. The molecule has 4 nitrogen and oxygen atoms in total. The fourth-order valence-electron chi connectivity index (χ4n) is 1.64. The van der Waals surface area contributed by atoms with Crippen LogP contribution in [-0.2, 0) is 0 Å². The Labute approximate surface area is 97.3 Å². The zero-order valence-corrected chi connectivity index (χ0v) is 10.2. The molecule has 1 aliphatic carbocycles. The van der Waals surface area contributed by atoms with Crippen LogP contribution in [-0.4, -0.2) is 27.2 Å². The van der Waals surface area contributed by atoms with E-state index in [-0.39, 0.29) is 0 Å². The van der Waals surface area contributed by atoms with Crippen molar-refractivity contribution in [1.29, 1.82) is 0 Å². The number of rotatable bonds is 3. The van der Waals surface area contributed by atoms with E-state index >= 15 is 0 Å². The number of aryl methyl sites for hydroxylation is 1. The summed E-state index contributed by atoms with van der Waals surface area (Å²) in [6.07, 6.45) is 2.88. The van der Waals surface area contributed by atoms with Gasteiger partial charge >= 0.3 is 0 Å². The fourth-order valence-corrected chi connectivity index (χ4v) is 2.11. The molecule has 0 saturated heterocycles. The van der Waals surface area contributed by atoms with Crippen molar-refractivity contribution in [3.8, 4) is 0 Å². The molecule has 82 valence electrons. The first-order chi connectivity index (χ1) is 7.07. The lowest BCUT2D eigenvalue weighted by Crippen LogP contribution is -2.43. The standard InChI is InChI=1S/C10H14BrN3O/c1-7-13-8(11)5-9(14-7)12-6-10(15)3-2-4-10/h5,15H,2-4,6H2,1H3,(H,12,13,14). The Morgan fingerprint density at radius 3 is 2.80 bits per heavy atom. The second-order valence-electron chi connectivity index (χ2n) is 4.05. The molecule has 0 radical (unpaired) electrons. The molecule has 15 heavy (non-hydrogen) atoms. The van der Waals surface area contributed by atoms with E-state index in [9.17, 15) is 5.11 Å². The molecule has 0 spiro atoms. The Kier molecular flexibility index (Phi) is 2.93. The van der Waals surface area contributed by atoms with Crippen molar-refractivity contribution in [2.75, 3.05) is 11.9 Å². The maximum atomic E-state index is 9.89. The molecule has 1 aromatic rings. The molecule has 0 atom stereocenters. The van der Waals surface area contributed by atoms with Crippen LogP contribution in [0, 0.1) is 6.92 Å². The quantitative estimate of drug-likeness (QED) is 0.825. The van der Waals surface area contributed by atoms with E-state index in [4.69, 9.17) is 0 Å². The molecular formula is C10H14BrN3O. The van der Waals surface area contributed by atoms with Gasteiger partial charge in [-0.3, -0.25) is 0 Å². The van der Waals surface area contributed by atoms with Crippen molar-refractivity contribution in [3.63, 3.8) is 0 Å². The predicted molar refractivity (Wildman–Crippen MR) is 61.8 cm³/mol. The molecule has 1 fully saturated rings. The Bertz CT molecular complexity index is 345. The van der Waals surface area contributed by atoms with Gasteiger partial charge in [-0.05, 0) is 42.1 Å². The monoisotopic (exact) mass is 271 g/mol. The van der Waals surface area contributed by atoms with Crippen LogP contribution in [0.2, 0.25) is 0 Å². The summed E-state index contributed by atoms with van der Waals surface area (Å²) < 4.78 is 0.762. The molecule has 0 unspecified atom stereocenters. The largest absolute Gasteiger partial charge is 0.388 e. The number of hydrogen-bond donors (Lipinski definition) is 2. The number of anilines is 1. The molecule has 1 heterocycles. The maximum absolute atomic E-state index is 9.89. The van der Waals surface area contributed by atoms with Crippen molar-refractivity contribution in [2.45, 2.75) is 31.8 Å². The summed E-state index contributed by atoms with van der Waals surface area (Å²) in [5.41, 5.74) is -0.522. The first kappa shape index (κ1) is 10.8. The molecule has 2 rings (SSSR count). The normalized spacial score (nSPS) is 18.3. The van der Waals surface area contributed by atoms with Gasteiger partial charge in [-0.2, -0.15) is 0 Å². The maximum Gasteiger partial charge on any atom is 0.130 e. The summed E-state index contributed by atoms with van der Waals surface area (Å²) in [5, 5.41) is 13.0. The van der Waals surface area contributed by atoms with Gasteiger partial charge in [-0.1, -0.05) is 0 Å². The number of nitrogens with one attached hydrogen (secondary N) is 1. The van der Waals surface area contributed by atoms with Gasteiger partial charge in [0, 0.05) is 12.6 Å². The Morgan fingerprint density at radius 2 is 2.27 bits per heavy atom. The molecule has 2 N–H and O–H groups in total. The van der Waals surface area contributed by atoms with Crippen molar-refractivity contribution in [1.82, 2.24) is 9.97 Å². The average Bonchev–Trinajstić information content (AvgIpc) is 2.10. The summed E-state index contributed by atoms with van der Waals surface area (Å²) in [7, 11) is 0. The molecular weight excluding hydrogens is 258 g/mol. The van der Waals surface area contributed by atoms with E-state index in [0.29, 0.717) is 12.4 Å². The van der Waals surface area contributed by atoms with Crippen LogP contribution in [0.15, 0.2) is 10.7 Å². The van der Waals surface area contributed by atoms with Crippen LogP contribution >= 0.6 is 15.9 Å². The SMILES string of the molecule is Cc1nc(Br)cc(NCC2(O)CCC2)n1. The first-order valence-electron chi connectivity index (χ1n) is 5.05. The van der Waals surface area contributed by atoms with Crippen LogP contribution in [0.3, 0.4) is 0 Å². The Balaban J connectivity index is 1.98. The number of nitrogens with zero attached hydrogens (tertiary/aromatic N) is 2. The number of aliphatic hydroxyl groups is 1. The van der Waals surface area contributed by atoms with Crippen molar-refractivity contribution in [3.05, 3.63) is 16.5 Å². The zero-order valence-electron chi connectivity index (χ0n) is 8.63. The minimum atomic E-state index is -0.522. The molecule has 0 amide bonds. The van der Waals surface area contributed by atoms with Gasteiger partial charge < -0.3 is 10.4 Å². The van der Waals surface area contributed by atoms with Crippen LogP contribution in [0.5, 0.6) is 0 Å². The third-order valence-electron chi connectivity index (χ3n) is 2.69. The van der Waals surface area contributed by atoms with E-state index < -0.39 is 5.60 Å². The average molecular weight is 272 g/mol. The second kappa shape index (κ2) is 4.06. The van der Waals surface area contributed by atoms with Crippen LogP contribution in [0.1, 0.15) is 25.1 Å². The summed E-state index contributed by atoms with van der Waals surface area (Å²) in [6, 6.07) is 1.81. The van der Waals surface area contributed by atoms with Crippen LogP contribution in [0.4, 0.5) is 5.82 Å². The lowest BCUT2D eigenvalue weighted by Gasteiger charge is -2.36. The third-order valence-corrected chi connectivity index (χ3v) is 3.10. The summed E-state index contributed by atoms with van der Waals surface area (Å²) in [5.74, 6) is 1.47. The predicted octanol–water partition coefficient (Wildman–Crippen LogP) is 1.87. The zero-order chi connectivity index (χ0) is 10.9. The smallest absolute Gasteiger partial charge is 0.130 e. The lowest BCUT2D eigenvalue weighted by atomic mass is 9.80. The highest BCUT2D eigenvalue weighted by molar-refractivity contribution is 9.10. The number of hydrogen-bond acceptors (Lipinski definition) is 4. The number of aromatic nitrogens is 2. The van der Waals surface area contributed by atoms with Gasteiger partial charge in [0.05, 0.1) is 5.60 Å². The van der Waals surface area contributed by atoms with E-state index in [0.717, 1.165) is 29.7 Å². The lowest BCUT2D eigenvalue weighted by molar-refractivity contribution is -0.0202. The Morgan fingerprint density at radius 1 is 1.53 bits per heavy atom. The van der Waals surface area contributed by atoms with E-state index in [1.54, 1.807) is 0 Å². The summed E-state index contributed by atoms with van der Waals surface area (Å²) >= 11 is 3.31. The summed E-state index contributed by atoms with van der Waals surface area (Å²) in [4.78, 5) is 8.35. The highest BCUT2D eigenvalue weighted by Crippen LogP contribution is 2.31. The molecule has 0 aliphatic heterocycles. The van der Waals surface area contributed by atoms with E-state index in [1.165, 1.54) is 0 Å². The summed E-state index contributed by atoms with van der Waals surface area (Å²) in [6.45, 7) is 2.41. The van der Waals surface area contributed by atoms with Gasteiger partial charge in [0.1, 0.15) is 16.2 Å². The van der Waals surface area contributed by atoms with Crippen LogP contribution in [0.25, 0.3) is 0 Å². The van der Waals surface area contributed by atoms with Crippen LogP contribution < -0.4 is 5.32 Å². The molecule has 5 heteroatoms. The van der Waals surface area contributed by atoms with Crippen molar-refractivity contribution >= 4 is 21.7 Å². The highest BCUT2D eigenvalue weighted by atomic mass is 79.9. The van der Waals surface area contributed by atoms with Crippen molar-refractivity contribution < 1.29 is 5.11 Å².